The molecule has 1 aliphatic rings. The number of ether oxygens (including phenoxy) is 1. The second-order valence-electron chi connectivity index (χ2n) is 6.35. The molecule has 0 atom stereocenters. The van der Waals surface area contributed by atoms with E-state index < -0.39 is 0 Å². The molecule has 4 rings (SSSR count). The molecular weight excluding hydrogens is 342 g/mol. The van der Waals surface area contributed by atoms with E-state index in [-0.39, 0.29) is 24.8 Å². The number of benzene rings is 2. The summed E-state index contributed by atoms with van der Waals surface area (Å²) in [6.07, 6.45) is 3.80. The summed E-state index contributed by atoms with van der Waals surface area (Å²) in [7, 11) is 0. The minimum absolute atomic E-state index is 0.0203. The van der Waals surface area contributed by atoms with Crippen molar-refractivity contribution in [2.45, 2.75) is 6.42 Å². The molecular formula is C21H19N3O3. The van der Waals surface area contributed by atoms with Gasteiger partial charge in [0.1, 0.15) is 5.75 Å². The number of amides is 2. The van der Waals surface area contributed by atoms with Crippen LogP contribution in [0, 0.1) is 0 Å². The Morgan fingerprint density at radius 3 is 3.00 bits per heavy atom. The van der Waals surface area contributed by atoms with Crippen molar-refractivity contribution >= 4 is 34.1 Å². The Hall–Kier alpha value is -3.54. The van der Waals surface area contributed by atoms with Gasteiger partial charge in [-0.05, 0) is 23.8 Å². The number of anilines is 2. The molecule has 0 saturated heterocycles. The number of nitrogens with one attached hydrogen (secondary N) is 2. The molecule has 1 aromatic heterocycles. The van der Waals surface area contributed by atoms with E-state index in [0.717, 1.165) is 16.5 Å². The highest BCUT2D eigenvalue weighted by Crippen LogP contribution is 2.34. The van der Waals surface area contributed by atoms with Crippen molar-refractivity contribution in [1.82, 2.24) is 4.98 Å². The number of carbonyl (C=O) groups is 2. The molecule has 1 aliphatic heterocycles. The van der Waals surface area contributed by atoms with Crippen molar-refractivity contribution in [3.63, 3.8) is 0 Å². The van der Waals surface area contributed by atoms with Gasteiger partial charge in [0.25, 0.3) is 5.91 Å². The van der Waals surface area contributed by atoms with Gasteiger partial charge in [0.05, 0.1) is 12.1 Å². The van der Waals surface area contributed by atoms with Crippen LogP contribution in [-0.2, 0) is 16.0 Å². The Morgan fingerprint density at radius 1 is 1.30 bits per heavy atom. The van der Waals surface area contributed by atoms with Crippen LogP contribution in [0.3, 0.4) is 0 Å². The number of carbonyl (C=O) groups excluding carboxylic acids is 2. The van der Waals surface area contributed by atoms with Crippen LogP contribution in [0.25, 0.3) is 10.9 Å². The molecule has 0 saturated carbocycles. The third-order valence-corrected chi connectivity index (χ3v) is 4.52. The Labute approximate surface area is 156 Å². The number of aromatic amines is 1. The lowest BCUT2D eigenvalue weighted by molar-refractivity contribution is -0.121. The third-order valence-electron chi connectivity index (χ3n) is 4.52. The number of hydrogen-bond donors (Lipinski definition) is 2. The average molecular weight is 361 g/mol. The van der Waals surface area contributed by atoms with E-state index in [9.17, 15) is 9.59 Å². The average Bonchev–Trinajstić information content (AvgIpc) is 3.07. The first kappa shape index (κ1) is 16.9. The van der Waals surface area contributed by atoms with E-state index in [1.807, 2.05) is 30.5 Å². The van der Waals surface area contributed by atoms with Gasteiger partial charge in [-0.2, -0.15) is 0 Å². The SMILES string of the molecule is C=CCN1C(=O)COc2cc(NC(=O)Cc3c[nH]c4ccccc34)ccc21. The Bertz CT molecular complexity index is 1040. The molecule has 0 fully saturated rings. The maximum Gasteiger partial charge on any atom is 0.265 e. The van der Waals surface area contributed by atoms with Crippen LogP contribution >= 0.6 is 0 Å². The fourth-order valence-corrected chi connectivity index (χ4v) is 3.27. The number of para-hydroxylation sites is 1. The van der Waals surface area contributed by atoms with E-state index >= 15 is 0 Å². The highest BCUT2D eigenvalue weighted by molar-refractivity contribution is 6.00. The van der Waals surface area contributed by atoms with Gasteiger partial charge in [0.2, 0.25) is 5.91 Å². The van der Waals surface area contributed by atoms with Gasteiger partial charge in [-0.3, -0.25) is 9.59 Å². The molecule has 6 nitrogen and oxygen atoms in total. The summed E-state index contributed by atoms with van der Waals surface area (Å²) in [4.78, 5) is 29.2. The molecule has 0 radical (unpaired) electrons. The maximum absolute atomic E-state index is 12.5. The molecule has 2 N–H and O–H groups in total. The summed E-state index contributed by atoms with van der Waals surface area (Å²) in [5.74, 6) is 0.342. The van der Waals surface area contributed by atoms with E-state index in [2.05, 4.69) is 16.9 Å². The zero-order valence-corrected chi connectivity index (χ0v) is 14.7. The lowest BCUT2D eigenvalue weighted by Crippen LogP contribution is -2.38. The van der Waals surface area contributed by atoms with E-state index in [1.165, 1.54) is 0 Å². The summed E-state index contributed by atoms with van der Waals surface area (Å²) in [6, 6.07) is 13.2. The van der Waals surface area contributed by atoms with Gasteiger partial charge < -0.3 is 19.9 Å². The normalized spacial score (nSPS) is 13.2. The van der Waals surface area contributed by atoms with Crippen molar-refractivity contribution in [3.05, 3.63) is 66.9 Å². The van der Waals surface area contributed by atoms with E-state index in [1.54, 1.807) is 29.2 Å². The van der Waals surface area contributed by atoms with Crippen molar-refractivity contribution in [3.8, 4) is 5.75 Å². The van der Waals surface area contributed by atoms with E-state index in [0.29, 0.717) is 23.7 Å². The first-order valence-electron chi connectivity index (χ1n) is 8.68. The highest BCUT2D eigenvalue weighted by atomic mass is 16.5. The zero-order valence-electron chi connectivity index (χ0n) is 14.7. The van der Waals surface area contributed by atoms with Crippen LogP contribution in [0.15, 0.2) is 61.3 Å². The number of hydrogen-bond acceptors (Lipinski definition) is 3. The second-order valence-corrected chi connectivity index (χ2v) is 6.35. The summed E-state index contributed by atoms with van der Waals surface area (Å²) in [5.41, 5.74) is 3.27. The number of H-pyrrole nitrogens is 1. The molecule has 0 spiro atoms. The number of fused-ring (bicyclic) bond motifs is 2. The standard InChI is InChI=1S/C21H19N3O3/c1-2-9-24-18-8-7-15(11-19(18)27-13-21(24)26)23-20(25)10-14-12-22-17-6-4-3-5-16(14)17/h2-8,11-12,22H,1,9-10,13H2,(H,23,25). The van der Waals surface area contributed by atoms with Crippen molar-refractivity contribution in [1.29, 1.82) is 0 Å². The van der Waals surface area contributed by atoms with E-state index in [4.69, 9.17) is 4.74 Å². The fourth-order valence-electron chi connectivity index (χ4n) is 3.27. The van der Waals surface area contributed by atoms with Crippen LogP contribution in [-0.4, -0.2) is 29.9 Å². The van der Waals surface area contributed by atoms with Crippen LogP contribution in [0.5, 0.6) is 5.75 Å². The van der Waals surface area contributed by atoms with Crippen LogP contribution in [0.4, 0.5) is 11.4 Å². The smallest absolute Gasteiger partial charge is 0.265 e. The molecule has 0 aliphatic carbocycles. The minimum Gasteiger partial charge on any atom is -0.481 e. The molecule has 2 heterocycles. The lowest BCUT2D eigenvalue weighted by atomic mass is 10.1. The van der Waals surface area contributed by atoms with Gasteiger partial charge >= 0.3 is 0 Å². The Balaban J connectivity index is 1.50. The monoisotopic (exact) mass is 361 g/mol. The molecule has 2 aromatic carbocycles. The van der Waals surface area contributed by atoms with Crippen LogP contribution in [0.1, 0.15) is 5.56 Å². The van der Waals surface area contributed by atoms with Gasteiger partial charge in [0, 0.05) is 35.4 Å². The molecule has 6 heteroatoms. The minimum atomic E-state index is -0.116. The highest BCUT2D eigenvalue weighted by Gasteiger charge is 2.24. The Morgan fingerprint density at radius 2 is 2.15 bits per heavy atom. The summed E-state index contributed by atoms with van der Waals surface area (Å²) >= 11 is 0. The number of aromatic nitrogens is 1. The number of rotatable bonds is 5. The molecule has 0 bridgehead atoms. The predicted octanol–water partition coefficient (Wildman–Crippen LogP) is 3.26. The third kappa shape index (κ3) is 3.29. The molecule has 136 valence electrons. The summed E-state index contributed by atoms with van der Waals surface area (Å²) < 4.78 is 5.52. The largest absolute Gasteiger partial charge is 0.481 e. The maximum atomic E-state index is 12.5. The Kier molecular flexibility index (Phi) is 4.38. The quantitative estimate of drug-likeness (QED) is 0.685. The molecule has 2 amide bonds. The fraction of sp³-hybridized carbons (Fsp3) is 0.143. The second kappa shape index (κ2) is 6.99. The number of nitrogens with zero attached hydrogens (tertiary/aromatic N) is 1. The summed E-state index contributed by atoms with van der Waals surface area (Å²) in [5, 5.41) is 3.94. The zero-order chi connectivity index (χ0) is 18.8. The van der Waals surface area contributed by atoms with Crippen molar-refractivity contribution in [2.24, 2.45) is 0 Å². The lowest BCUT2D eigenvalue weighted by Gasteiger charge is -2.28. The first-order chi connectivity index (χ1) is 13.2. The summed E-state index contributed by atoms with van der Waals surface area (Å²) in [6.45, 7) is 4.08. The van der Waals surface area contributed by atoms with Gasteiger partial charge in [-0.15, -0.1) is 6.58 Å². The first-order valence-corrected chi connectivity index (χ1v) is 8.68. The van der Waals surface area contributed by atoms with Crippen LogP contribution in [0.2, 0.25) is 0 Å². The molecule has 27 heavy (non-hydrogen) atoms. The van der Waals surface area contributed by atoms with Gasteiger partial charge in [-0.25, -0.2) is 0 Å². The molecule has 3 aromatic rings. The molecule has 0 unspecified atom stereocenters. The predicted molar refractivity (Wildman–Crippen MR) is 105 cm³/mol. The van der Waals surface area contributed by atoms with Gasteiger partial charge in [0.15, 0.2) is 6.61 Å². The van der Waals surface area contributed by atoms with Gasteiger partial charge in [-0.1, -0.05) is 24.3 Å². The van der Waals surface area contributed by atoms with Crippen LogP contribution < -0.4 is 15.0 Å². The van der Waals surface area contributed by atoms with Crippen molar-refractivity contribution < 1.29 is 14.3 Å². The topological polar surface area (TPSA) is 74.4 Å². The van der Waals surface area contributed by atoms with Crippen molar-refractivity contribution in [2.75, 3.05) is 23.4 Å².